The van der Waals surface area contributed by atoms with Gasteiger partial charge in [0.15, 0.2) is 15.7 Å². The van der Waals surface area contributed by atoms with E-state index in [0.717, 1.165) is 26.2 Å². The quantitative estimate of drug-likeness (QED) is 0.489. The lowest BCUT2D eigenvalue weighted by Crippen LogP contribution is -2.49. The number of nitrogens with one attached hydrogen (secondary N) is 1. The second-order valence-corrected chi connectivity index (χ2v) is 9.18. The second kappa shape index (κ2) is 10.1. The molecule has 3 rings (SSSR count). The molecule has 1 saturated heterocycles. The number of rotatable bonds is 9. The Morgan fingerprint density at radius 2 is 1.80 bits per heavy atom. The fourth-order valence-corrected chi connectivity index (χ4v) is 3.83. The molecule has 2 aromatic rings. The minimum Gasteiger partial charge on any atom is -0.383 e. The molecule has 30 heavy (non-hydrogen) atoms. The summed E-state index contributed by atoms with van der Waals surface area (Å²) < 4.78 is 29.8. The van der Waals surface area contributed by atoms with Gasteiger partial charge in [0.05, 0.1) is 30.3 Å². The summed E-state index contributed by atoms with van der Waals surface area (Å²) in [5, 5.41) is 14.8. The van der Waals surface area contributed by atoms with Crippen LogP contribution in [0.3, 0.4) is 0 Å². The lowest BCUT2D eigenvalue weighted by Gasteiger charge is -2.33. The number of amides is 1. The number of piperazine rings is 1. The van der Waals surface area contributed by atoms with Crippen LogP contribution in [0.1, 0.15) is 5.82 Å². The van der Waals surface area contributed by atoms with Crippen molar-refractivity contribution in [3.63, 3.8) is 0 Å². The number of hydrogen-bond donors (Lipinski definition) is 1. The van der Waals surface area contributed by atoms with Gasteiger partial charge in [0.25, 0.3) is 0 Å². The van der Waals surface area contributed by atoms with Gasteiger partial charge < -0.3 is 10.1 Å². The van der Waals surface area contributed by atoms with Gasteiger partial charge in [0.2, 0.25) is 5.91 Å². The smallest absolute Gasteiger partial charge is 0.234 e. The third-order valence-electron chi connectivity index (χ3n) is 4.87. The Morgan fingerprint density at radius 1 is 1.13 bits per heavy atom. The number of hydrogen-bond acceptors (Lipinski definition) is 9. The highest BCUT2D eigenvalue weighted by atomic mass is 32.2. The molecule has 0 spiro atoms. The Balaban J connectivity index is 1.53. The van der Waals surface area contributed by atoms with Crippen molar-refractivity contribution < 1.29 is 17.9 Å². The number of tetrazole rings is 1. The third kappa shape index (κ3) is 6.05. The summed E-state index contributed by atoms with van der Waals surface area (Å²) in [6.07, 6.45) is 1.17. The molecule has 1 aliphatic rings. The van der Waals surface area contributed by atoms with Gasteiger partial charge in [0.1, 0.15) is 0 Å². The van der Waals surface area contributed by atoms with Crippen LogP contribution in [-0.4, -0.2) is 104 Å². The normalized spacial score (nSPS) is 15.9. The molecular formula is C18H27N7O4S. The van der Waals surface area contributed by atoms with Gasteiger partial charge in [-0.25, -0.2) is 8.42 Å². The first-order chi connectivity index (χ1) is 14.4. The number of sulfone groups is 1. The summed E-state index contributed by atoms with van der Waals surface area (Å²) in [5.74, 6) is 0.676. The number of carbonyl (C=O) groups is 1. The van der Waals surface area contributed by atoms with Crippen LogP contribution in [0.25, 0.3) is 5.69 Å². The van der Waals surface area contributed by atoms with Crippen molar-refractivity contribution in [1.82, 2.24) is 35.3 Å². The van der Waals surface area contributed by atoms with Crippen molar-refractivity contribution in [1.29, 1.82) is 0 Å². The number of aromatic nitrogens is 4. The average molecular weight is 438 g/mol. The van der Waals surface area contributed by atoms with E-state index in [9.17, 15) is 13.2 Å². The monoisotopic (exact) mass is 437 g/mol. The lowest BCUT2D eigenvalue weighted by molar-refractivity contribution is -0.122. The molecule has 1 N–H and O–H groups in total. The molecule has 12 heteroatoms. The topological polar surface area (TPSA) is 123 Å². The van der Waals surface area contributed by atoms with Gasteiger partial charge in [-0.1, -0.05) is 0 Å². The molecule has 1 amide bonds. The van der Waals surface area contributed by atoms with Gasteiger partial charge in [-0.05, 0) is 34.7 Å². The van der Waals surface area contributed by atoms with Crippen LogP contribution in [0.2, 0.25) is 0 Å². The molecule has 0 atom stereocenters. The Hall–Kier alpha value is -2.41. The SMILES string of the molecule is COCCNC(=O)CN1CCN(Cc2nnnn2-c2ccc(S(C)(=O)=O)cc2)CC1. The van der Waals surface area contributed by atoms with Crippen LogP contribution in [0.5, 0.6) is 0 Å². The fraction of sp³-hybridized carbons (Fsp3) is 0.556. The van der Waals surface area contributed by atoms with Crippen LogP contribution in [-0.2, 0) is 25.9 Å². The van der Waals surface area contributed by atoms with E-state index in [1.807, 2.05) is 0 Å². The maximum absolute atomic E-state index is 11.9. The molecule has 11 nitrogen and oxygen atoms in total. The lowest BCUT2D eigenvalue weighted by atomic mass is 10.3. The molecule has 0 bridgehead atoms. The fourth-order valence-electron chi connectivity index (χ4n) is 3.20. The summed E-state index contributed by atoms with van der Waals surface area (Å²) >= 11 is 0. The first-order valence-electron chi connectivity index (χ1n) is 9.65. The van der Waals surface area contributed by atoms with Gasteiger partial charge >= 0.3 is 0 Å². The molecule has 1 aliphatic heterocycles. The zero-order chi connectivity index (χ0) is 21.6. The number of benzene rings is 1. The standard InChI is InChI=1S/C18H27N7O4S/c1-29-12-7-19-18(26)14-24-10-8-23(9-11-24)13-17-20-21-22-25(17)15-3-5-16(6-4-15)30(2,27)28/h3-6H,7-14H2,1-2H3,(H,19,26). The summed E-state index contributed by atoms with van der Waals surface area (Å²) in [6.45, 7) is 5.12. The van der Waals surface area contributed by atoms with Crippen molar-refractivity contribution in [2.24, 2.45) is 0 Å². The van der Waals surface area contributed by atoms with Gasteiger partial charge in [-0.2, -0.15) is 4.68 Å². The van der Waals surface area contributed by atoms with Gasteiger partial charge in [-0.15, -0.1) is 5.10 Å². The predicted octanol–water partition coefficient (Wildman–Crippen LogP) is -1.05. The zero-order valence-electron chi connectivity index (χ0n) is 17.2. The van der Waals surface area contributed by atoms with Crippen molar-refractivity contribution in [3.05, 3.63) is 30.1 Å². The predicted molar refractivity (Wildman–Crippen MR) is 109 cm³/mol. The molecule has 2 heterocycles. The molecule has 1 aromatic carbocycles. The molecule has 0 unspecified atom stereocenters. The number of methoxy groups -OCH3 is 1. The minimum atomic E-state index is -3.25. The molecule has 1 aromatic heterocycles. The Labute approximate surface area is 175 Å². The minimum absolute atomic E-state index is 0.00184. The third-order valence-corrected chi connectivity index (χ3v) is 6.00. The summed E-state index contributed by atoms with van der Waals surface area (Å²) in [5.41, 5.74) is 0.703. The average Bonchev–Trinajstić information content (AvgIpc) is 3.17. The van der Waals surface area contributed by atoms with Gasteiger partial charge in [-0.3, -0.25) is 14.6 Å². The maximum atomic E-state index is 11.9. The molecule has 0 saturated carbocycles. The van der Waals surface area contributed by atoms with Crippen LogP contribution in [0.4, 0.5) is 0 Å². The van der Waals surface area contributed by atoms with E-state index in [2.05, 4.69) is 30.6 Å². The van der Waals surface area contributed by atoms with Crippen LogP contribution in [0.15, 0.2) is 29.2 Å². The first kappa shape index (κ1) is 22.3. The molecule has 0 aliphatic carbocycles. The van der Waals surface area contributed by atoms with Crippen molar-refractivity contribution in [2.45, 2.75) is 11.4 Å². The molecule has 1 fully saturated rings. The molecule has 164 valence electrons. The van der Waals surface area contributed by atoms with E-state index in [0.29, 0.717) is 37.8 Å². The highest BCUT2D eigenvalue weighted by Crippen LogP contribution is 2.15. The van der Waals surface area contributed by atoms with Crippen molar-refractivity contribution in [3.8, 4) is 5.69 Å². The number of nitrogens with zero attached hydrogens (tertiary/aromatic N) is 6. The Bertz CT molecular complexity index is 938. The van der Waals surface area contributed by atoms with Gasteiger partial charge in [0, 0.05) is 46.1 Å². The van der Waals surface area contributed by atoms with E-state index in [4.69, 9.17) is 4.74 Å². The Kier molecular flexibility index (Phi) is 7.48. The number of ether oxygens (including phenoxy) is 1. The van der Waals surface area contributed by atoms with E-state index < -0.39 is 9.84 Å². The first-order valence-corrected chi connectivity index (χ1v) is 11.5. The van der Waals surface area contributed by atoms with Crippen LogP contribution >= 0.6 is 0 Å². The zero-order valence-corrected chi connectivity index (χ0v) is 18.0. The molecular weight excluding hydrogens is 410 g/mol. The highest BCUT2D eigenvalue weighted by Gasteiger charge is 2.21. The summed E-state index contributed by atoms with van der Waals surface area (Å²) in [6, 6.07) is 6.48. The number of carbonyl (C=O) groups excluding carboxylic acids is 1. The van der Waals surface area contributed by atoms with Crippen LogP contribution in [0, 0.1) is 0 Å². The van der Waals surface area contributed by atoms with Crippen molar-refractivity contribution >= 4 is 15.7 Å². The summed E-state index contributed by atoms with van der Waals surface area (Å²) in [4.78, 5) is 16.5. The Morgan fingerprint density at radius 3 is 2.43 bits per heavy atom. The van der Waals surface area contributed by atoms with E-state index in [1.165, 1.54) is 6.26 Å². The van der Waals surface area contributed by atoms with Crippen LogP contribution < -0.4 is 5.32 Å². The van der Waals surface area contributed by atoms with E-state index in [1.54, 1.807) is 36.1 Å². The highest BCUT2D eigenvalue weighted by molar-refractivity contribution is 7.90. The van der Waals surface area contributed by atoms with E-state index in [-0.39, 0.29) is 10.8 Å². The maximum Gasteiger partial charge on any atom is 0.234 e. The molecule has 0 radical (unpaired) electrons. The largest absolute Gasteiger partial charge is 0.383 e. The second-order valence-electron chi connectivity index (χ2n) is 7.17. The van der Waals surface area contributed by atoms with E-state index >= 15 is 0 Å². The van der Waals surface area contributed by atoms with Crippen molar-refractivity contribution in [2.75, 3.05) is 59.2 Å². The summed E-state index contributed by atoms with van der Waals surface area (Å²) in [7, 11) is -1.65.